The Morgan fingerprint density at radius 2 is 1.81 bits per heavy atom. The van der Waals surface area contributed by atoms with Crippen molar-refractivity contribution in [1.82, 2.24) is 19.4 Å². The van der Waals surface area contributed by atoms with Gasteiger partial charge in [-0.25, -0.2) is 9.78 Å². The summed E-state index contributed by atoms with van der Waals surface area (Å²) >= 11 is 0. The highest BCUT2D eigenvalue weighted by atomic mass is 16.5. The van der Waals surface area contributed by atoms with Gasteiger partial charge in [0.25, 0.3) is 5.91 Å². The first-order valence-electron chi connectivity index (χ1n) is 8.93. The average Bonchev–Trinajstić information content (AvgIpc) is 3.22. The Balaban J connectivity index is 1.46. The number of piperidine rings is 1. The average molecular weight is 364 g/mol. The third-order valence-electron chi connectivity index (χ3n) is 4.99. The van der Waals surface area contributed by atoms with Gasteiger partial charge in [0.15, 0.2) is 0 Å². The van der Waals surface area contributed by atoms with Gasteiger partial charge in [-0.15, -0.1) is 0 Å². The number of nitrogens with zero attached hydrogens (tertiary/aromatic N) is 4. The summed E-state index contributed by atoms with van der Waals surface area (Å²) in [4.78, 5) is 35.3. The Hall–Kier alpha value is -3.22. The Kier molecular flexibility index (Phi) is 4.58. The van der Waals surface area contributed by atoms with E-state index in [0.717, 1.165) is 18.4 Å². The fraction of sp³-hybridized carbons (Fsp3) is 0.300. The molecule has 1 aliphatic rings. The van der Waals surface area contributed by atoms with E-state index >= 15 is 0 Å². The van der Waals surface area contributed by atoms with Crippen molar-refractivity contribution in [3.05, 3.63) is 60.2 Å². The van der Waals surface area contributed by atoms with Crippen LogP contribution in [0.25, 0.3) is 11.0 Å². The van der Waals surface area contributed by atoms with Gasteiger partial charge in [-0.2, -0.15) is 0 Å². The third kappa shape index (κ3) is 3.28. The van der Waals surface area contributed by atoms with E-state index < -0.39 is 0 Å². The van der Waals surface area contributed by atoms with Crippen LogP contribution < -0.4 is 0 Å². The number of carbonyl (C=O) groups is 2. The number of para-hydroxylation sites is 2. The number of benzene rings is 1. The Morgan fingerprint density at radius 1 is 1.07 bits per heavy atom. The number of amides is 1. The second kappa shape index (κ2) is 7.19. The molecule has 0 atom stereocenters. The number of aromatic nitrogens is 3. The normalized spacial score (nSPS) is 15.1. The lowest BCUT2D eigenvalue weighted by molar-refractivity contribution is 0.0573. The number of esters is 1. The maximum absolute atomic E-state index is 12.8. The van der Waals surface area contributed by atoms with Gasteiger partial charge >= 0.3 is 5.97 Å². The number of methoxy groups -OCH3 is 1. The minimum Gasteiger partial charge on any atom is -0.464 e. The van der Waals surface area contributed by atoms with Crippen LogP contribution in [0, 0.1) is 0 Å². The van der Waals surface area contributed by atoms with Crippen molar-refractivity contribution in [3.8, 4) is 0 Å². The van der Waals surface area contributed by atoms with Gasteiger partial charge in [-0.05, 0) is 37.1 Å². The highest BCUT2D eigenvalue weighted by Gasteiger charge is 2.27. The molecule has 0 aliphatic carbocycles. The Labute approximate surface area is 156 Å². The topological polar surface area (TPSA) is 77.3 Å². The summed E-state index contributed by atoms with van der Waals surface area (Å²) in [6.45, 7) is 1.22. The van der Waals surface area contributed by atoms with Crippen LogP contribution in [0.15, 0.2) is 48.8 Å². The van der Waals surface area contributed by atoms with Gasteiger partial charge in [0.05, 0.1) is 24.3 Å². The molecule has 27 heavy (non-hydrogen) atoms. The number of ether oxygens (including phenoxy) is 1. The van der Waals surface area contributed by atoms with Crippen LogP contribution in [0.3, 0.4) is 0 Å². The van der Waals surface area contributed by atoms with Crippen molar-refractivity contribution < 1.29 is 14.3 Å². The molecular formula is C20H20N4O3. The SMILES string of the molecule is COC(=O)c1cccn1C1CCN(C(=O)c2cnc3ccccc3n2)CC1. The fourth-order valence-electron chi connectivity index (χ4n) is 3.56. The van der Waals surface area contributed by atoms with E-state index in [9.17, 15) is 9.59 Å². The lowest BCUT2D eigenvalue weighted by atomic mass is 10.0. The molecule has 0 N–H and O–H groups in total. The molecule has 1 saturated heterocycles. The molecule has 1 aromatic carbocycles. The standard InChI is InChI=1S/C20H20N4O3/c1-27-20(26)18-7-4-10-24(18)14-8-11-23(12-9-14)19(25)17-13-21-15-5-2-3-6-16(15)22-17/h2-7,10,13-14H,8-9,11-12H2,1H3. The van der Waals surface area contributed by atoms with Crippen LogP contribution in [-0.4, -0.2) is 51.5 Å². The van der Waals surface area contributed by atoms with Crippen LogP contribution in [0.1, 0.15) is 39.9 Å². The van der Waals surface area contributed by atoms with E-state index in [2.05, 4.69) is 9.97 Å². The number of carbonyl (C=O) groups excluding carboxylic acids is 2. The van der Waals surface area contributed by atoms with Crippen molar-refractivity contribution >= 4 is 22.9 Å². The zero-order valence-electron chi connectivity index (χ0n) is 15.0. The van der Waals surface area contributed by atoms with E-state index in [1.165, 1.54) is 13.3 Å². The van der Waals surface area contributed by atoms with Crippen LogP contribution in [0.5, 0.6) is 0 Å². The van der Waals surface area contributed by atoms with E-state index in [4.69, 9.17) is 4.74 Å². The van der Waals surface area contributed by atoms with Gasteiger partial charge in [-0.1, -0.05) is 12.1 Å². The smallest absolute Gasteiger partial charge is 0.354 e. The van der Waals surface area contributed by atoms with Gasteiger partial charge in [-0.3, -0.25) is 9.78 Å². The molecule has 3 heterocycles. The van der Waals surface area contributed by atoms with Crippen molar-refractivity contribution in [2.45, 2.75) is 18.9 Å². The van der Waals surface area contributed by atoms with Gasteiger partial charge in [0.1, 0.15) is 11.4 Å². The molecule has 138 valence electrons. The lowest BCUT2D eigenvalue weighted by Crippen LogP contribution is -2.39. The van der Waals surface area contributed by atoms with Crippen molar-refractivity contribution in [2.75, 3.05) is 20.2 Å². The number of fused-ring (bicyclic) bond motifs is 1. The second-order valence-corrected chi connectivity index (χ2v) is 6.56. The lowest BCUT2D eigenvalue weighted by Gasteiger charge is -2.33. The van der Waals surface area contributed by atoms with Crippen LogP contribution in [0.2, 0.25) is 0 Å². The summed E-state index contributed by atoms with van der Waals surface area (Å²) < 4.78 is 6.79. The van der Waals surface area contributed by atoms with Gasteiger partial charge in [0, 0.05) is 25.3 Å². The maximum atomic E-state index is 12.8. The summed E-state index contributed by atoms with van der Waals surface area (Å²) in [7, 11) is 1.38. The minimum absolute atomic E-state index is 0.104. The summed E-state index contributed by atoms with van der Waals surface area (Å²) in [6, 6.07) is 11.3. The molecule has 7 heteroatoms. The Morgan fingerprint density at radius 3 is 2.56 bits per heavy atom. The monoisotopic (exact) mass is 364 g/mol. The number of hydrogen-bond acceptors (Lipinski definition) is 5. The van der Waals surface area contributed by atoms with Gasteiger partial charge in [0.2, 0.25) is 0 Å². The predicted octanol–water partition coefficient (Wildman–Crippen LogP) is 2.70. The van der Waals surface area contributed by atoms with E-state index in [1.54, 1.807) is 11.0 Å². The van der Waals surface area contributed by atoms with E-state index in [0.29, 0.717) is 30.0 Å². The number of rotatable bonds is 3. The molecule has 0 radical (unpaired) electrons. The summed E-state index contributed by atoms with van der Waals surface area (Å²) in [6.07, 6.45) is 4.97. The molecule has 1 amide bonds. The quantitative estimate of drug-likeness (QED) is 0.668. The summed E-state index contributed by atoms with van der Waals surface area (Å²) in [5.74, 6) is -0.447. The molecule has 0 unspecified atom stereocenters. The molecular weight excluding hydrogens is 344 g/mol. The highest BCUT2D eigenvalue weighted by Crippen LogP contribution is 2.25. The first-order chi connectivity index (χ1) is 13.2. The summed E-state index contributed by atoms with van der Waals surface area (Å²) in [5, 5.41) is 0. The molecule has 0 spiro atoms. The minimum atomic E-state index is -0.343. The fourth-order valence-corrected chi connectivity index (χ4v) is 3.56. The predicted molar refractivity (Wildman–Crippen MR) is 99.5 cm³/mol. The molecule has 4 rings (SSSR count). The number of hydrogen-bond donors (Lipinski definition) is 0. The first kappa shape index (κ1) is 17.2. The van der Waals surface area contributed by atoms with Gasteiger partial charge < -0.3 is 14.2 Å². The molecule has 1 fully saturated rings. The Bertz CT molecular complexity index is 990. The molecule has 7 nitrogen and oxygen atoms in total. The van der Waals surface area contributed by atoms with Crippen molar-refractivity contribution in [1.29, 1.82) is 0 Å². The zero-order valence-corrected chi connectivity index (χ0v) is 15.0. The third-order valence-corrected chi connectivity index (χ3v) is 4.99. The maximum Gasteiger partial charge on any atom is 0.354 e. The second-order valence-electron chi connectivity index (χ2n) is 6.56. The zero-order chi connectivity index (χ0) is 18.8. The first-order valence-corrected chi connectivity index (χ1v) is 8.93. The van der Waals surface area contributed by atoms with Crippen LogP contribution >= 0.6 is 0 Å². The largest absolute Gasteiger partial charge is 0.464 e. The molecule has 3 aromatic rings. The van der Waals surface area contributed by atoms with Crippen LogP contribution in [0.4, 0.5) is 0 Å². The highest BCUT2D eigenvalue weighted by molar-refractivity contribution is 5.93. The van der Waals surface area contributed by atoms with E-state index in [1.807, 2.05) is 41.1 Å². The molecule has 2 aromatic heterocycles. The molecule has 1 aliphatic heterocycles. The van der Waals surface area contributed by atoms with Crippen LogP contribution in [-0.2, 0) is 4.74 Å². The molecule has 0 bridgehead atoms. The summed E-state index contributed by atoms with van der Waals surface area (Å²) in [5.41, 5.74) is 2.40. The number of likely N-dealkylation sites (tertiary alicyclic amines) is 1. The van der Waals surface area contributed by atoms with Crippen molar-refractivity contribution in [2.24, 2.45) is 0 Å². The van der Waals surface area contributed by atoms with E-state index in [-0.39, 0.29) is 17.9 Å². The molecule has 0 saturated carbocycles. The van der Waals surface area contributed by atoms with Crippen molar-refractivity contribution in [3.63, 3.8) is 0 Å².